The summed E-state index contributed by atoms with van der Waals surface area (Å²) >= 11 is 1.66. The minimum Gasteiger partial charge on any atom is -0.387 e. The lowest BCUT2D eigenvalue weighted by Gasteiger charge is -2.26. The van der Waals surface area contributed by atoms with Crippen LogP contribution in [-0.4, -0.2) is 18.3 Å². The molecule has 1 saturated heterocycles. The van der Waals surface area contributed by atoms with Gasteiger partial charge < -0.3 is 9.84 Å². The van der Waals surface area contributed by atoms with E-state index in [9.17, 15) is 5.11 Å². The monoisotopic (exact) mass is 212 g/mol. The zero-order valence-electron chi connectivity index (χ0n) is 8.40. The molecule has 78 valence electrons. The van der Waals surface area contributed by atoms with Crippen LogP contribution in [0.1, 0.15) is 29.4 Å². The van der Waals surface area contributed by atoms with Crippen molar-refractivity contribution in [1.82, 2.24) is 0 Å². The molecule has 0 aromatic carbocycles. The Kier molecular flexibility index (Phi) is 3.21. The Balaban J connectivity index is 2.07. The molecule has 2 heterocycles. The first-order valence-corrected chi connectivity index (χ1v) is 5.97. The van der Waals surface area contributed by atoms with Crippen LogP contribution >= 0.6 is 11.3 Å². The van der Waals surface area contributed by atoms with Crippen LogP contribution in [-0.2, 0) is 4.74 Å². The Morgan fingerprint density at radius 1 is 1.50 bits per heavy atom. The SMILES string of the molecule is Cc1ccsc1C(O)C1CCOCC1. The van der Waals surface area contributed by atoms with Crippen LogP contribution in [0.5, 0.6) is 0 Å². The summed E-state index contributed by atoms with van der Waals surface area (Å²) in [5, 5.41) is 12.2. The van der Waals surface area contributed by atoms with Crippen molar-refractivity contribution in [1.29, 1.82) is 0 Å². The Morgan fingerprint density at radius 3 is 2.79 bits per heavy atom. The highest BCUT2D eigenvalue weighted by Crippen LogP contribution is 2.34. The lowest BCUT2D eigenvalue weighted by molar-refractivity contribution is 0.00833. The second kappa shape index (κ2) is 4.43. The molecular formula is C11H16O2S. The van der Waals surface area contributed by atoms with Gasteiger partial charge in [0.05, 0.1) is 6.10 Å². The van der Waals surface area contributed by atoms with Crippen molar-refractivity contribution in [3.05, 3.63) is 21.9 Å². The summed E-state index contributed by atoms with van der Waals surface area (Å²) in [6.45, 7) is 3.66. The van der Waals surface area contributed by atoms with Gasteiger partial charge in [-0.05, 0) is 42.7 Å². The minimum atomic E-state index is -0.279. The second-order valence-corrected chi connectivity index (χ2v) is 4.81. The van der Waals surface area contributed by atoms with Crippen LogP contribution in [0.4, 0.5) is 0 Å². The summed E-state index contributed by atoms with van der Waals surface area (Å²) in [6.07, 6.45) is 1.69. The summed E-state index contributed by atoms with van der Waals surface area (Å²) in [5.41, 5.74) is 1.22. The predicted octanol–water partition coefficient (Wildman–Crippen LogP) is 2.52. The fourth-order valence-corrected chi connectivity index (χ4v) is 2.94. The molecule has 1 aliphatic rings. The van der Waals surface area contributed by atoms with Crippen molar-refractivity contribution >= 4 is 11.3 Å². The average molecular weight is 212 g/mol. The number of ether oxygens (including phenoxy) is 1. The minimum absolute atomic E-state index is 0.279. The number of rotatable bonds is 2. The largest absolute Gasteiger partial charge is 0.387 e. The highest BCUT2D eigenvalue weighted by Gasteiger charge is 2.25. The van der Waals surface area contributed by atoms with E-state index in [0.717, 1.165) is 30.9 Å². The van der Waals surface area contributed by atoms with Crippen LogP contribution in [0, 0.1) is 12.8 Å². The van der Waals surface area contributed by atoms with Gasteiger partial charge in [0.15, 0.2) is 0 Å². The van der Waals surface area contributed by atoms with Crippen LogP contribution in [0.2, 0.25) is 0 Å². The molecule has 0 saturated carbocycles. The molecule has 2 nitrogen and oxygen atoms in total. The molecule has 1 aliphatic heterocycles. The predicted molar refractivity (Wildman–Crippen MR) is 57.6 cm³/mol. The van der Waals surface area contributed by atoms with Crippen LogP contribution < -0.4 is 0 Å². The first kappa shape index (κ1) is 10.1. The van der Waals surface area contributed by atoms with Gasteiger partial charge in [-0.3, -0.25) is 0 Å². The quantitative estimate of drug-likeness (QED) is 0.816. The molecule has 1 unspecified atom stereocenters. The van der Waals surface area contributed by atoms with Crippen molar-refractivity contribution in [3.8, 4) is 0 Å². The van der Waals surface area contributed by atoms with E-state index in [1.807, 2.05) is 5.38 Å². The van der Waals surface area contributed by atoms with Gasteiger partial charge in [0.2, 0.25) is 0 Å². The average Bonchev–Trinajstić information content (AvgIpc) is 2.65. The molecule has 1 fully saturated rings. The van der Waals surface area contributed by atoms with Gasteiger partial charge in [0.25, 0.3) is 0 Å². The Morgan fingerprint density at radius 2 is 2.21 bits per heavy atom. The molecule has 0 bridgehead atoms. The number of aliphatic hydroxyl groups excluding tert-OH is 1. The van der Waals surface area contributed by atoms with E-state index < -0.39 is 0 Å². The lowest BCUT2D eigenvalue weighted by atomic mass is 9.92. The van der Waals surface area contributed by atoms with E-state index >= 15 is 0 Å². The van der Waals surface area contributed by atoms with Gasteiger partial charge in [0, 0.05) is 18.1 Å². The number of aryl methyl sites for hydroxylation is 1. The van der Waals surface area contributed by atoms with Gasteiger partial charge in [-0.15, -0.1) is 11.3 Å². The van der Waals surface area contributed by atoms with Crippen LogP contribution in [0.25, 0.3) is 0 Å². The normalized spacial score (nSPS) is 21.0. The summed E-state index contributed by atoms with van der Waals surface area (Å²) in [6, 6.07) is 2.07. The number of hydrogen-bond donors (Lipinski definition) is 1. The highest BCUT2D eigenvalue weighted by atomic mass is 32.1. The van der Waals surface area contributed by atoms with E-state index in [1.54, 1.807) is 11.3 Å². The third kappa shape index (κ3) is 2.00. The first-order valence-electron chi connectivity index (χ1n) is 5.09. The van der Waals surface area contributed by atoms with Crippen molar-refractivity contribution in [3.63, 3.8) is 0 Å². The molecule has 1 aromatic heterocycles. The topological polar surface area (TPSA) is 29.5 Å². The Bertz CT molecular complexity index is 289. The van der Waals surface area contributed by atoms with Crippen molar-refractivity contribution in [2.24, 2.45) is 5.92 Å². The first-order chi connectivity index (χ1) is 6.79. The fourth-order valence-electron chi connectivity index (χ4n) is 1.93. The summed E-state index contributed by atoms with van der Waals surface area (Å²) < 4.78 is 5.29. The van der Waals surface area contributed by atoms with Gasteiger partial charge >= 0.3 is 0 Å². The molecule has 0 amide bonds. The molecule has 2 rings (SSSR count). The maximum atomic E-state index is 10.2. The summed E-state index contributed by atoms with van der Waals surface area (Å²) in [7, 11) is 0. The van der Waals surface area contributed by atoms with E-state index in [1.165, 1.54) is 5.56 Å². The molecular weight excluding hydrogens is 196 g/mol. The van der Waals surface area contributed by atoms with Crippen molar-refractivity contribution in [2.45, 2.75) is 25.9 Å². The molecule has 1 N–H and O–H groups in total. The molecule has 3 heteroatoms. The molecule has 0 radical (unpaired) electrons. The highest BCUT2D eigenvalue weighted by molar-refractivity contribution is 7.10. The number of thiophene rings is 1. The maximum absolute atomic E-state index is 10.2. The Labute approximate surface area is 88.5 Å². The van der Waals surface area contributed by atoms with Crippen molar-refractivity contribution < 1.29 is 9.84 Å². The molecule has 1 atom stereocenters. The maximum Gasteiger partial charge on any atom is 0.0914 e. The zero-order valence-corrected chi connectivity index (χ0v) is 9.22. The summed E-state index contributed by atoms with van der Waals surface area (Å²) in [4.78, 5) is 1.14. The number of hydrogen-bond acceptors (Lipinski definition) is 3. The van der Waals surface area contributed by atoms with E-state index in [-0.39, 0.29) is 6.10 Å². The van der Waals surface area contributed by atoms with Gasteiger partial charge in [-0.1, -0.05) is 0 Å². The molecule has 14 heavy (non-hydrogen) atoms. The van der Waals surface area contributed by atoms with E-state index in [2.05, 4.69) is 13.0 Å². The van der Waals surface area contributed by atoms with Crippen molar-refractivity contribution in [2.75, 3.05) is 13.2 Å². The molecule has 1 aromatic rings. The smallest absolute Gasteiger partial charge is 0.0914 e. The van der Waals surface area contributed by atoms with Crippen LogP contribution in [0.15, 0.2) is 11.4 Å². The van der Waals surface area contributed by atoms with E-state index in [0.29, 0.717) is 5.92 Å². The standard InChI is InChI=1S/C11H16O2S/c1-8-4-7-14-11(8)10(12)9-2-5-13-6-3-9/h4,7,9-10,12H,2-3,5-6H2,1H3. The van der Waals surface area contributed by atoms with E-state index in [4.69, 9.17) is 4.74 Å². The zero-order chi connectivity index (χ0) is 9.97. The number of aliphatic hydroxyl groups is 1. The van der Waals surface area contributed by atoms with Crippen LogP contribution in [0.3, 0.4) is 0 Å². The fraction of sp³-hybridized carbons (Fsp3) is 0.636. The third-order valence-corrected chi connectivity index (χ3v) is 3.97. The molecule has 0 aliphatic carbocycles. The van der Waals surface area contributed by atoms with Gasteiger partial charge in [-0.2, -0.15) is 0 Å². The Hall–Kier alpha value is -0.380. The van der Waals surface area contributed by atoms with Gasteiger partial charge in [-0.25, -0.2) is 0 Å². The summed E-state index contributed by atoms with van der Waals surface area (Å²) in [5.74, 6) is 0.390. The molecule has 0 spiro atoms. The van der Waals surface area contributed by atoms with Gasteiger partial charge in [0.1, 0.15) is 0 Å². The third-order valence-electron chi connectivity index (χ3n) is 2.88. The second-order valence-electron chi connectivity index (χ2n) is 3.86. The lowest BCUT2D eigenvalue weighted by Crippen LogP contribution is -2.21.